The molecule has 20 heavy (non-hydrogen) atoms. The Morgan fingerprint density at radius 3 is 3.05 bits per heavy atom. The first-order chi connectivity index (χ1) is 9.55. The number of ketones is 1. The van der Waals surface area contributed by atoms with Gasteiger partial charge in [-0.15, -0.1) is 0 Å². The number of fused-ring (bicyclic) bond motifs is 1. The third-order valence-corrected chi connectivity index (χ3v) is 5.48. The zero-order valence-corrected chi connectivity index (χ0v) is 11.9. The maximum absolute atomic E-state index is 12.4. The molecule has 1 saturated heterocycles. The van der Waals surface area contributed by atoms with Gasteiger partial charge in [0.25, 0.3) is 0 Å². The van der Waals surface area contributed by atoms with Gasteiger partial charge in [0.1, 0.15) is 5.75 Å². The molecule has 108 valence electrons. The van der Waals surface area contributed by atoms with E-state index in [9.17, 15) is 13.2 Å². The average molecular weight is 295 g/mol. The molecule has 1 fully saturated rings. The summed E-state index contributed by atoms with van der Waals surface area (Å²) in [7, 11) is -3.02. The first-order valence-electron chi connectivity index (χ1n) is 6.77. The van der Waals surface area contributed by atoms with Gasteiger partial charge < -0.3 is 10.1 Å². The number of Topliss-reactive ketones (excluding diaryl/α,β-unsaturated/α-hetero) is 1. The van der Waals surface area contributed by atoms with Crippen LogP contribution in [0, 0.1) is 0 Å². The van der Waals surface area contributed by atoms with E-state index < -0.39 is 9.84 Å². The van der Waals surface area contributed by atoms with Crippen molar-refractivity contribution in [3.8, 4) is 5.75 Å². The Hall–Kier alpha value is -1.40. The third kappa shape index (κ3) is 2.71. The van der Waals surface area contributed by atoms with E-state index in [0.717, 1.165) is 12.0 Å². The van der Waals surface area contributed by atoms with Gasteiger partial charge in [0, 0.05) is 25.4 Å². The molecule has 1 N–H and O–H groups in total. The van der Waals surface area contributed by atoms with E-state index in [1.807, 2.05) is 12.1 Å². The van der Waals surface area contributed by atoms with E-state index in [1.54, 1.807) is 6.07 Å². The largest absolute Gasteiger partial charge is 0.492 e. The summed E-state index contributed by atoms with van der Waals surface area (Å²) in [6.45, 7) is 1.03. The Morgan fingerprint density at radius 2 is 2.25 bits per heavy atom. The van der Waals surface area contributed by atoms with Crippen molar-refractivity contribution in [2.45, 2.75) is 18.9 Å². The molecule has 0 spiro atoms. The van der Waals surface area contributed by atoms with Gasteiger partial charge in [0.2, 0.25) is 0 Å². The van der Waals surface area contributed by atoms with Crippen molar-refractivity contribution in [3.05, 3.63) is 29.3 Å². The van der Waals surface area contributed by atoms with Crippen molar-refractivity contribution in [2.24, 2.45) is 0 Å². The molecular weight excluding hydrogens is 278 g/mol. The van der Waals surface area contributed by atoms with Crippen LogP contribution in [0.15, 0.2) is 18.2 Å². The fourth-order valence-electron chi connectivity index (χ4n) is 2.77. The Labute approximate surface area is 118 Å². The van der Waals surface area contributed by atoms with Crippen LogP contribution in [0.25, 0.3) is 0 Å². The van der Waals surface area contributed by atoms with Crippen LogP contribution in [0.2, 0.25) is 0 Å². The van der Waals surface area contributed by atoms with Crippen LogP contribution in [-0.4, -0.2) is 44.9 Å². The standard InChI is InChI=1S/C14H17NO4S/c16-13(8-11-9-20(17,18)7-5-15-11)12-3-1-2-10-4-6-19-14(10)12/h1-3,11,15H,4-9H2. The Balaban J connectivity index is 1.76. The van der Waals surface area contributed by atoms with Crippen molar-refractivity contribution < 1.29 is 17.9 Å². The van der Waals surface area contributed by atoms with Crippen LogP contribution in [-0.2, 0) is 16.3 Å². The van der Waals surface area contributed by atoms with Gasteiger partial charge >= 0.3 is 0 Å². The zero-order chi connectivity index (χ0) is 14.2. The topological polar surface area (TPSA) is 72.5 Å². The number of para-hydroxylation sites is 1. The van der Waals surface area contributed by atoms with E-state index in [-0.39, 0.29) is 29.8 Å². The van der Waals surface area contributed by atoms with Crippen molar-refractivity contribution in [3.63, 3.8) is 0 Å². The predicted octanol–water partition coefficient (Wildman–Crippen LogP) is 0.581. The molecule has 2 aliphatic rings. The molecule has 0 aromatic heterocycles. The maximum Gasteiger partial charge on any atom is 0.168 e. The van der Waals surface area contributed by atoms with Crippen LogP contribution in [0.3, 0.4) is 0 Å². The van der Waals surface area contributed by atoms with Gasteiger partial charge in [-0.05, 0) is 11.6 Å². The quantitative estimate of drug-likeness (QED) is 0.826. The molecule has 5 nitrogen and oxygen atoms in total. The van der Waals surface area contributed by atoms with Crippen LogP contribution < -0.4 is 10.1 Å². The highest BCUT2D eigenvalue weighted by atomic mass is 32.2. The van der Waals surface area contributed by atoms with Gasteiger partial charge in [-0.25, -0.2) is 8.42 Å². The van der Waals surface area contributed by atoms with Crippen LogP contribution in [0.5, 0.6) is 5.75 Å². The molecule has 1 unspecified atom stereocenters. The SMILES string of the molecule is O=C(CC1CS(=O)(=O)CCN1)c1cccc2c1OCC2. The lowest BCUT2D eigenvalue weighted by Gasteiger charge is -2.23. The highest BCUT2D eigenvalue weighted by Gasteiger charge is 2.28. The van der Waals surface area contributed by atoms with Gasteiger partial charge in [-0.2, -0.15) is 0 Å². The summed E-state index contributed by atoms with van der Waals surface area (Å²) >= 11 is 0. The second-order valence-corrected chi connectivity index (χ2v) is 7.51. The number of ether oxygens (including phenoxy) is 1. The van der Waals surface area contributed by atoms with Crippen LogP contribution >= 0.6 is 0 Å². The van der Waals surface area contributed by atoms with Crippen molar-refractivity contribution >= 4 is 15.6 Å². The summed E-state index contributed by atoms with van der Waals surface area (Å²) < 4.78 is 28.7. The molecule has 0 saturated carbocycles. The average Bonchev–Trinajstić information content (AvgIpc) is 2.85. The molecule has 6 heteroatoms. The van der Waals surface area contributed by atoms with Gasteiger partial charge in [-0.1, -0.05) is 12.1 Å². The summed E-state index contributed by atoms with van der Waals surface area (Å²) in [6, 6.07) is 5.27. The fourth-order valence-corrected chi connectivity index (χ4v) is 4.21. The van der Waals surface area contributed by atoms with E-state index in [4.69, 9.17) is 4.74 Å². The van der Waals surface area contributed by atoms with Crippen LogP contribution in [0.4, 0.5) is 0 Å². The first kappa shape index (κ1) is 13.6. The smallest absolute Gasteiger partial charge is 0.168 e. The maximum atomic E-state index is 12.4. The van der Waals surface area contributed by atoms with Gasteiger partial charge in [0.05, 0.1) is 23.7 Å². The number of hydrogen-bond donors (Lipinski definition) is 1. The van der Waals surface area contributed by atoms with E-state index in [2.05, 4.69) is 5.32 Å². The Bertz CT molecular complexity index is 639. The molecule has 0 aliphatic carbocycles. The van der Waals surface area contributed by atoms with Gasteiger partial charge in [0.15, 0.2) is 15.6 Å². The molecular formula is C14H17NO4S. The summed E-state index contributed by atoms with van der Waals surface area (Å²) in [5, 5.41) is 3.10. The second kappa shape index (κ2) is 5.18. The Morgan fingerprint density at radius 1 is 1.40 bits per heavy atom. The molecule has 1 atom stereocenters. The number of carbonyl (C=O) groups excluding carboxylic acids is 1. The fraction of sp³-hybridized carbons (Fsp3) is 0.500. The summed E-state index contributed by atoms with van der Waals surface area (Å²) in [4.78, 5) is 12.4. The molecule has 0 amide bonds. The van der Waals surface area contributed by atoms with Crippen molar-refractivity contribution in [1.82, 2.24) is 5.32 Å². The minimum atomic E-state index is -3.02. The number of rotatable bonds is 3. The van der Waals surface area contributed by atoms with E-state index >= 15 is 0 Å². The highest BCUT2D eigenvalue weighted by Crippen LogP contribution is 2.30. The third-order valence-electron chi connectivity index (χ3n) is 3.75. The second-order valence-electron chi connectivity index (χ2n) is 5.28. The summed E-state index contributed by atoms with van der Waals surface area (Å²) in [5.74, 6) is 0.811. The first-order valence-corrected chi connectivity index (χ1v) is 8.59. The minimum absolute atomic E-state index is 0.0363. The lowest BCUT2D eigenvalue weighted by atomic mass is 10.0. The van der Waals surface area contributed by atoms with Crippen molar-refractivity contribution in [2.75, 3.05) is 24.7 Å². The molecule has 0 bridgehead atoms. The number of hydrogen-bond acceptors (Lipinski definition) is 5. The molecule has 2 aliphatic heterocycles. The molecule has 2 heterocycles. The lowest BCUT2D eigenvalue weighted by Crippen LogP contribution is -2.46. The molecule has 1 aromatic rings. The summed E-state index contributed by atoms with van der Waals surface area (Å²) in [5.41, 5.74) is 1.63. The van der Waals surface area contributed by atoms with E-state index in [0.29, 0.717) is 24.5 Å². The Kier molecular flexibility index (Phi) is 3.52. The molecule has 1 aromatic carbocycles. The van der Waals surface area contributed by atoms with Gasteiger partial charge in [-0.3, -0.25) is 4.79 Å². The number of carbonyl (C=O) groups is 1. The predicted molar refractivity (Wildman–Crippen MR) is 75.0 cm³/mol. The monoisotopic (exact) mass is 295 g/mol. The van der Waals surface area contributed by atoms with E-state index in [1.165, 1.54) is 0 Å². The number of sulfone groups is 1. The molecule has 0 radical (unpaired) electrons. The van der Waals surface area contributed by atoms with Crippen molar-refractivity contribution in [1.29, 1.82) is 0 Å². The number of benzene rings is 1. The zero-order valence-electron chi connectivity index (χ0n) is 11.1. The lowest BCUT2D eigenvalue weighted by molar-refractivity contribution is 0.0968. The summed E-state index contributed by atoms with van der Waals surface area (Å²) in [6.07, 6.45) is 1.02. The highest BCUT2D eigenvalue weighted by molar-refractivity contribution is 7.91. The minimum Gasteiger partial charge on any atom is -0.492 e. The number of nitrogens with one attached hydrogen (secondary N) is 1. The van der Waals surface area contributed by atoms with Crippen LogP contribution in [0.1, 0.15) is 22.3 Å². The molecule has 3 rings (SSSR count). The normalized spacial score (nSPS) is 23.9.